The Morgan fingerprint density at radius 2 is 1.95 bits per heavy atom. The van der Waals surface area contributed by atoms with Crippen LogP contribution < -0.4 is 5.32 Å². The van der Waals surface area contributed by atoms with E-state index in [0.717, 1.165) is 7.11 Å². The van der Waals surface area contributed by atoms with Crippen molar-refractivity contribution in [2.75, 3.05) is 7.11 Å². The number of esters is 1. The Balaban J connectivity index is 2.97. The van der Waals surface area contributed by atoms with Gasteiger partial charge in [0.2, 0.25) is 0 Å². The van der Waals surface area contributed by atoms with Gasteiger partial charge in [0.15, 0.2) is 0 Å². The monoisotopic (exact) mass is 519 g/mol. The molecule has 0 fully saturated rings. The van der Waals surface area contributed by atoms with Gasteiger partial charge in [0.25, 0.3) is 5.91 Å². The third-order valence-electron chi connectivity index (χ3n) is 2.47. The predicted molar refractivity (Wildman–Crippen MR) is 89.1 cm³/mol. The number of phenols is 1. The lowest BCUT2D eigenvalue weighted by Gasteiger charge is -2.14. The van der Waals surface area contributed by atoms with Crippen molar-refractivity contribution in [2.24, 2.45) is 0 Å². The topological polar surface area (TPSA) is 113 Å². The van der Waals surface area contributed by atoms with Crippen LogP contribution in [0.25, 0.3) is 0 Å². The maximum Gasteiger partial charge on any atom is 0.326 e. The molecule has 7 nitrogen and oxygen atoms in total. The number of carbonyl (C=O) groups is 3. The second-order valence-electron chi connectivity index (χ2n) is 3.93. The summed E-state index contributed by atoms with van der Waals surface area (Å²) in [5, 5.41) is 21.1. The van der Waals surface area contributed by atoms with Gasteiger partial charge in [-0.2, -0.15) is 0 Å². The zero-order valence-corrected chi connectivity index (χ0v) is 15.0. The molecule has 0 saturated heterocycles. The minimum atomic E-state index is -1.43. The highest BCUT2D eigenvalue weighted by Crippen LogP contribution is 2.27. The van der Waals surface area contributed by atoms with Crippen molar-refractivity contribution in [2.45, 2.75) is 12.5 Å². The number of amides is 1. The molecule has 9 heteroatoms. The third kappa shape index (κ3) is 4.98. The van der Waals surface area contributed by atoms with Crippen molar-refractivity contribution >= 4 is 63.0 Å². The van der Waals surface area contributed by atoms with E-state index in [1.165, 1.54) is 6.07 Å². The maximum absolute atomic E-state index is 12.1. The third-order valence-corrected chi connectivity index (χ3v) is 3.92. The molecule has 3 N–H and O–H groups in total. The van der Waals surface area contributed by atoms with Gasteiger partial charge in [0, 0.05) is 3.57 Å². The SMILES string of the molecule is COC(=O)C[C@H](NC(=O)c1cc(I)cc(I)c1O)C(=O)O. The van der Waals surface area contributed by atoms with Crippen LogP contribution >= 0.6 is 45.2 Å². The molecule has 0 saturated carbocycles. The van der Waals surface area contributed by atoms with Crippen LogP contribution in [-0.4, -0.2) is 41.2 Å². The van der Waals surface area contributed by atoms with E-state index in [1.54, 1.807) is 6.07 Å². The highest BCUT2D eigenvalue weighted by Gasteiger charge is 2.26. The highest BCUT2D eigenvalue weighted by atomic mass is 127. The Morgan fingerprint density at radius 1 is 1.33 bits per heavy atom. The van der Waals surface area contributed by atoms with E-state index in [9.17, 15) is 19.5 Å². The average molecular weight is 519 g/mol. The van der Waals surface area contributed by atoms with Crippen molar-refractivity contribution in [1.82, 2.24) is 5.32 Å². The molecule has 0 bridgehead atoms. The lowest BCUT2D eigenvalue weighted by molar-refractivity contribution is -0.147. The first-order chi connectivity index (χ1) is 9.76. The fourth-order valence-corrected chi connectivity index (χ4v) is 3.27. The minimum Gasteiger partial charge on any atom is -0.506 e. The Bertz CT molecular complexity index is 589. The summed E-state index contributed by atoms with van der Waals surface area (Å²) in [7, 11) is 1.12. The van der Waals surface area contributed by atoms with Crippen LogP contribution in [-0.2, 0) is 14.3 Å². The number of aromatic hydroxyl groups is 1. The molecule has 0 aliphatic rings. The van der Waals surface area contributed by atoms with Gasteiger partial charge >= 0.3 is 11.9 Å². The number of carbonyl (C=O) groups excluding carboxylic acids is 2. The summed E-state index contributed by atoms with van der Waals surface area (Å²) >= 11 is 3.82. The Kier molecular flexibility index (Phi) is 6.64. The Hall–Kier alpha value is -1.11. The summed E-state index contributed by atoms with van der Waals surface area (Å²) in [5.74, 6) is -3.14. The molecule has 0 heterocycles. The molecule has 1 aromatic carbocycles. The normalized spacial score (nSPS) is 11.6. The van der Waals surface area contributed by atoms with Crippen LogP contribution in [0.15, 0.2) is 12.1 Å². The van der Waals surface area contributed by atoms with E-state index in [0.29, 0.717) is 7.14 Å². The van der Waals surface area contributed by atoms with Crippen LogP contribution in [0.4, 0.5) is 0 Å². The standard InChI is InChI=1S/C12H11I2NO6/c1-21-9(16)4-8(12(19)20)15-11(18)6-2-5(13)3-7(14)10(6)17/h2-3,8,17H,4H2,1H3,(H,15,18)(H,19,20)/t8-/m0/s1. The number of ether oxygens (including phenoxy) is 1. The molecule has 1 rings (SSSR count). The zero-order valence-electron chi connectivity index (χ0n) is 10.7. The second-order valence-corrected chi connectivity index (χ2v) is 6.34. The van der Waals surface area contributed by atoms with Gasteiger partial charge in [-0.1, -0.05) is 0 Å². The lowest BCUT2D eigenvalue weighted by Crippen LogP contribution is -2.42. The number of hydrogen-bond donors (Lipinski definition) is 3. The average Bonchev–Trinajstić information content (AvgIpc) is 2.41. The number of benzene rings is 1. The zero-order chi connectivity index (χ0) is 16.2. The van der Waals surface area contributed by atoms with Crippen molar-refractivity contribution in [3.63, 3.8) is 0 Å². The van der Waals surface area contributed by atoms with Gasteiger partial charge < -0.3 is 20.3 Å². The van der Waals surface area contributed by atoms with Gasteiger partial charge in [0.05, 0.1) is 22.7 Å². The summed E-state index contributed by atoms with van der Waals surface area (Å²) in [5.41, 5.74) is -0.0533. The summed E-state index contributed by atoms with van der Waals surface area (Å²) in [4.78, 5) is 34.2. The smallest absolute Gasteiger partial charge is 0.326 e. The molecule has 1 atom stereocenters. The molecule has 1 amide bonds. The fourth-order valence-electron chi connectivity index (χ4n) is 1.43. The van der Waals surface area contributed by atoms with Gasteiger partial charge in [-0.25, -0.2) is 4.79 Å². The van der Waals surface area contributed by atoms with E-state index in [2.05, 4.69) is 10.1 Å². The maximum atomic E-state index is 12.1. The van der Waals surface area contributed by atoms with Crippen molar-refractivity contribution in [3.8, 4) is 5.75 Å². The number of methoxy groups -OCH3 is 1. The molecule has 0 radical (unpaired) electrons. The van der Waals surface area contributed by atoms with Gasteiger partial charge in [0.1, 0.15) is 11.8 Å². The second kappa shape index (κ2) is 7.77. The Morgan fingerprint density at radius 3 is 2.48 bits per heavy atom. The predicted octanol–water partition coefficient (Wildman–Crippen LogP) is 1.35. The van der Waals surface area contributed by atoms with E-state index in [4.69, 9.17) is 5.11 Å². The molecule has 0 aromatic heterocycles. The van der Waals surface area contributed by atoms with Crippen molar-refractivity contribution in [1.29, 1.82) is 0 Å². The summed E-state index contributed by atoms with van der Waals surface area (Å²) in [6.07, 6.45) is -0.501. The van der Waals surface area contributed by atoms with Crippen molar-refractivity contribution < 1.29 is 29.3 Å². The molecule has 0 spiro atoms. The molecular weight excluding hydrogens is 508 g/mol. The fraction of sp³-hybridized carbons (Fsp3) is 0.250. The number of phenolic OH excluding ortho intramolecular Hbond substituents is 1. The molecule has 0 aliphatic heterocycles. The Labute approximate surface area is 147 Å². The summed E-state index contributed by atoms with van der Waals surface area (Å²) < 4.78 is 5.55. The van der Waals surface area contributed by atoms with Gasteiger partial charge in [-0.15, -0.1) is 0 Å². The first-order valence-corrected chi connectivity index (χ1v) is 7.70. The number of carboxylic acids is 1. The van der Waals surface area contributed by atoms with Gasteiger partial charge in [-0.05, 0) is 57.3 Å². The van der Waals surface area contributed by atoms with E-state index >= 15 is 0 Å². The molecule has 21 heavy (non-hydrogen) atoms. The first-order valence-electron chi connectivity index (χ1n) is 5.54. The van der Waals surface area contributed by atoms with E-state index in [-0.39, 0.29) is 11.3 Å². The molecule has 0 unspecified atom stereocenters. The van der Waals surface area contributed by atoms with Crippen LogP contribution in [0.3, 0.4) is 0 Å². The number of rotatable bonds is 5. The first kappa shape index (κ1) is 17.9. The number of nitrogens with one attached hydrogen (secondary N) is 1. The minimum absolute atomic E-state index is 0.0533. The van der Waals surface area contributed by atoms with Crippen LogP contribution in [0, 0.1) is 7.14 Å². The molecule has 0 aliphatic carbocycles. The number of aliphatic carboxylic acids is 1. The lowest BCUT2D eigenvalue weighted by atomic mass is 10.1. The van der Waals surface area contributed by atoms with E-state index in [1.807, 2.05) is 45.2 Å². The molecular formula is C12H11I2NO6. The van der Waals surface area contributed by atoms with Crippen LogP contribution in [0.5, 0.6) is 5.75 Å². The van der Waals surface area contributed by atoms with Crippen LogP contribution in [0.2, 0.25) is 0 Å². The van der Waals surface area contributed by atoms with Crippen molar-refractivity contribution in [3.05, 3.63) is 24.8 Å². The molecule has 1 aromatic rings. The largest absolute Gasteiger partial charge is 0.506 e. The van der Waals surface area contributed by atoms with Crippen LogP contribution in [0.1, 0.15) is 16.8 Å². The number of halogens is 2. The molecule has 114 valence electrons. The summed E-state index contributed by atoms with van der Waals surface area (Å²) in [6, 6.07) is 1.65. The van der Waals surface area contributed by atoms with Gasteiger partial charge in [-0.3, -0.25) is 9.59 Å². The van der Waals surface area contributed by atoms with E-state index < -0.39 is 30.3 Å². The highest BCUT2D eigenvalue weighted by molar-refractivity contribution is 14.1. The summed E-state index contributed by atoms with van der Waals surface area (Å²) in [6.45, 7) is 0. The number of hydrogen-bond acceptors (Lipinski definition) is 5. The number of carboxylic acid groups (broad SMARTS) is 1. The quantitative estimate of drug-likeness (QED) is 0.400.